The van der Waals surface area contributed by atoms with E-state index in [1.807, 2.05) is 0 Å². The molecule has 0 aromatic heterocycles. The predicted molar refractivity (Wildman–Crippen MR) is 57.6 cm³/mol. The molecule has 0 amide bonds. The van der Waals surface area contributed by atoms with Gasteiger partial charge in [-0.1, -0.05) is 0 Å². The summed E-state index contributed by atoms with van der Waals surface area (Å²) in [5, 5.41) is 6.19. The van der Waals surface area contributed by atoms with Crippen LogP contribution in [0.2, 0.25) is 0 Å². The van der Waals surface area contributed by atoms with Crippen LogP contribution in [-0.2, 0) is 9.13 Å². The summed E-state index contributed by atoms with van der Waals surface area (Å²) in [5.41, 5.74) is 0. The average Bonchev–Trinajstić information content (AvgIpc) is 1.77. The fourth-order valence-electron chi connectivity index (χ4n) is 0.648. The number of aliphatic hydroxyl groups is 1. The molecule has 0 saturated carbocycles. The minimum Gasteiger partial charge on any atom is -0.412 e. The Labute approximate surface area is 95.8 Å². The minimum atomic E-state index is -4.84. The molecule has 0 bridgehead atoms. The van der Waals surface area contributed by atoms with Crippen molar-refractivity contribution >= 4 is 15.2 Å². The van der Waals surface area contributed by atoms with Crippen molar-refractivity contribution in [3.63, 3.8) is 0 Å². The SMILES string of the molecule is O.O.O.O.O.O=P(O)(O)C(CCO)P(=O)(O)O. The molecule has 114 valence electrons. The summed E-state index contributed by atoms with van der Waals surface area (Å²) >= 11 is 0. The minimum absolute atomic E-state index is 0. The van der Waals surface area contributed by atoms with Crippen LogP contribution in [-0.4, -0.2) is 64.1 Å². The Kier molecular flexibility index (Phi) is 26.5. The first kappa shape index (κ1) is 36.0. The lowest BCUT2D eigenvalue weighted by Gasteiger charge is -2.17. The van der Waals surface area contributed by atoms with Gasteiger partial charge in [0.1, 0.15) is 0 Å². The summed E-state index contributed by atoms with van der Waals surface area (Å²) < 4.78 is 20.9. The Bertz CT molecular complexity index is 206. The number of hydrogen-bond acceptors (Lipinski definition) is 3. The zero-order valence-electron chi connectivity index (χ0n) is 8.44. The van der Waals surface area contributed by atoms with Crippen LogP contribution >= 0.6 is 15.2 Å². The maximum atomic E-state index is 10.5. The second-order valence-corrected chi connectivity index (χ2v) is 6.18. The standard InChI is InChI=1S/C3H10O7P2.5H2O/c4-2-1-3(11(5,6)7)12(8,9)10;;;;;/h3-4H,1-2H2,(H2,5,6,7)(H2,8,9,10);5*1H2. The number of aliphatic hydroxyl groups excluding tert-OH is 1. The molecule has 14 heteroatoms. The summed E-state index contributed by atoms with van der Waals surface area (Å²) in [6.07, 6.45) is -0.617. The van der Waals surface area contributed by atoms with E-state index in [9.17, 15) is 9.13 Å². The van der Waals surface area contributed by atoms with Gasteiger partial charge in [0.15, 0.2) is 5.40 Å². The van der Waals surface area contributed by atoms with E-state index in [0.29, 0.717) is 0 Å². The molecule has 0 atom stereocenters. The van der Waals surface area contributed by atoms with E-state index in [2.05, 4.69) is 0 Å². The molecular formula is C3H20O12P2. The van der Waals surface area contributed by atoms with E-state index < -0.39 is 33.6 Å². The zero-order valence-corrected chi connectivity index (χ0v) is 10.2. The summed E-state index contributed by atoms with van der Waals surface area (Å²) in [4.78, 5) is 33.8. The van der Waals surface area contributed by atoms with E-state index in [4.69, 9.17) is 24.7 Å². The molecule has 12 nitrogen and oxygen atoms in total. The van der Waals surface area contributed by atoms with Crippen molar-refractivity contribution in [3.05, 3.63) is 0 Å². The normalized spacial score (nSPS) is 9.76. The van der Waals surface area contributed by atoms with Crippen molar-refractivity contribution < 1.29 is 61.2 Å². The second kappa shape index (κ2) is 12.5. The molecule has 0 aliphatic heterocycles. The Morgan fingerprint density at radius 1 is 0.765 bits per heavy atom. The van der Waals surface area contributed by atoms with Gasteiger partial charge in [0.2, 0.25) is 0 Å². The molecule has 0 spiro atoms. The van der Waals surface area contributed by atoms with Crippen LogP contribution in [0.25, 0.3) is 0 Å². The van der Waals surface area contributed by atoms with Gasteiger partial charge < -0.3 is 52.1 Å². The summed E-state index contributed by atoms with van der Waals surface area (Å²) in [6, 6.07) is 0. The first-order chi connectivity index (χ1) is 5.19. The lowest BCUT2D eigenvalue weighted by Crippen LogP contribution is -2.10. The van der Waals surface area contributed by atoms with Crippen molar-refractivity contribution in [3.8, 4) is 0 Å². The topological polar surface area (TPSA) is 293 Å². The smallest absolute Gasteiger partial charge is 0.340 e. The third-order valence-corrected chi connectivity index (χ3v) is 5.04. The van der Waals surface area contributed by atoms with Gasteiger partial charge in [-0.25, -0.2) is 0 Å². The van der Waals surface area contributed by atoms with Crippen LogP contribution in [0, 0.1) is 0 Å². The van der Waals surface area contributed by atoms with Crippen molar-refractivity contribution in [1.29, 1.82) is 0 Å². The van der Waals surface area contributed by atoms with Crippen LogP contribution in [0.3, 0.4) is 0 Å². The highest BCUT2D eigenvalue weighted by Gasteiger charge is 2.42. The molecule has 0 radical (unpaired) electrons. The molecular weight excluding hydrogens is 290 g/mol. The van der Waals surface area contributed by atoms with E-state index in [0.717, 1.165) is 0 Å². The average molecular weight is 310 g/mol. The van der Waals surface area contributed by atoms with Gasteiger partial charge in [-0.2, -0.15) is 0 Å². The van der Waals surface area contributed by atoms with Gasteiger partial charge in [-0.15, -0.1) is 0 Å². The first-order valence-electron chi connectivity index (χ1n) is 2.91. The number of rotatable bonds is 4. The summed E-state index contributed by atoms with van der Waals surface area (Å²) in [5.74, 6) is 0. The Hall–Kier alpha value is 0.0600. The van der Waals surface area contributed by atoms with Crippen LogP contribution < -0.4 is 0 Å². The molecule has 0 aliphatic carbocycles. The van der Waals surface area contributed by atoms with Crippen molar-refractivity contribution in [2.75, 3.05) is 6.61 Å². The fourth-order valence-corrected chi connectivity index (χ4v) is 3.12. The van der Waals surface area contributed by atoms with Crippen LogP contribution in [0.4, 0.5) is 0 Å². The van der Waals surface area contributed by atoms with Gasteiger partial charge in [-0.05, 0) is 6.42 Å². The fraction of sp³-hybridized carbons (Fsp3) is 1.00. The monoisotopic (exact) mass is 310 g/mol. The lowest BCUT2D eigenvalue weighted by molar-refractivity contribution is 0.272. The Morgan fingerprint density at radius 2 is 1.00 bits per heavy atom. The van der Waals surface area contributed by atoms with E-state index in [1.54, 1.807) is 0 Å². The Balaban J connectivity index is -0.0000000605. The summed E-state index contributed by atoms with van der Waals surface area (Å²) in [6.45, 7) is -0.680. The third kappa shape index (κ3) is 14.0. The molecule has 0 fully saturated rings. The summed E-state index contributed by atoms with van der Waals surface area (Å²) in [7, 11) is -9.67. The molecule has 17 heavy (non-hydrogen) atoms. The molecule has 0 saturated heterocycles. The predicted octanol–water partition coefficient (Wildman–Crippen LogP) is -5.07. The maximum absolute atomic E-state index is 10.5. The highest BCUT2D eigenvalue weighted by molar-refractivity contribution is 7.70. The molecule has 0 aliphatic rings. The third-order valence-electron chi connectivity index (χ3n) is 1.16. The van der Waals surface area contributed by atoms with Crippen LogP contribution in [0.1, 0.15) is 6.42 Å². The van der Waals surface area contributed by atoms with Gasteiger partial charge in [0.05, 0.1) is 0 Å². The molecule has 0 aromatic rings. The maximum Gasteiger partial charge on any atom is 0.340 e. The highest BCUT2D eigenvalue weighted by atomic mass is 31.2. The van der Waals surface area contributed by atoms with Crippen LogP contribution in [0.15, 0.2) is 0 Å². The molecule has 0 rings (SSSR count). The van der Waals surface area contributed by atoms with E-state index >= 15 is 0 Å². The molecule has 0 unspecified atom stereocenters. The largest absolute Gasteiger partial charge is 0.412 e. The van der Waals surface area contributed by atoms with E-state index in [1.165, 1.54) is 0 Å². The van der Waals surface area contributed by atoms with Gasteiger partial charge in [0, 0.05) is 6.61 Å². The van der Waals surface area contributed by atoms with Crippen molar-refractivity contribution in [1.82, 2.24) is 0 Å². The lowest BCUT2D eigenvalue weighted by atomic mass is 10.5. The molecule has 0 heterocycles. The Morgan fingerprint density at radius 3 is 1.06 bits per heavy atom. The van der Waals surface area contributed by atoms with Gasteiger partial charge in [-0.3, -0.25) is 9.13 Å². The van der Waals surface area contributed by atoms with Gasteiger partial charge >= 0.3 is 15.2 Å². The molecule has 0 aromatic carbocycles. The van der Waals surface area contributed by atoms with Crippen LogP contribution in [0.5, 0.6) is 0 Å². The van der Waals surface area contributed by atoms with E-state index in [-0.39, 0.29) is 27.4 Å². The van der Waals surface area contributed by atoms with Crippen molar-refractivity contribution in [2.24, 2.45) is 0 Å². The highest BCUT2D eigenvalue weighted by Crippen LogP contribution is 2.61. The quantitative estimate of drug-likeness (QED) is 0.314. The van der Waals surface area contributed by atoms with Crippen molar-refractivity contribution in [2.45, 2.75) is 11.8 Å². The first-order valence-corrected chi connectivity index (χ1v) is 6.27. The zero-order chi connectivity index (χ0) is 9.99. The second-order valence-electron chi connectivity index (χ2n) is 2.17. The van der Waals surface area contributed by atoms with Gasteiger partial charge in [0.25, 0.3) is 0 Å². The number of hydrogen-bond donors (Lipinski definition) is 5. The molecule has 15 N–H and O–H groups in total.